The maximum Gasteiger partial charge on any atom is 0.161 e. The summed E-state index contributed by atoms with van der Waals surface area (Å²) in [6.07, 6.45) is 3.27. The Kier molecular flexibility index (Phi) is 2.97. The van der Waals surface area contributed by atoms with Gasteiger partial charge < -0.3 is 4.74 Å². The second-order valence-electron chi connectivity index (χ2n) is 3.65. The molecule has 1 atom stereocenters. The zero-order valence-electron chi connectivity index (χ0n) is 8.77. The molecule has 0 spiro atoms. The summed E-state index contributed by atoms with van der Waals surface area (Å²) in [5.41, 5.74) is 1.85. The van der Waals surface area contributed by atoms with Gasteiger partial charge in [0.15, 0.2) is 5.78 Å². The summed E-state index contributed by atoms with van der Waals surface area (Å²) in [6, 6.07) is 9.85. The number of ether oxygens (including phenoxy) is 1. The van der Waals surface area contributed by atoms with Crippen molar-refractivity contribution in [1.82, 2.24) is 0 Å². The van der Waals surface area contributed by atoms with Crippen LogP contribution in [0, 0.1) is 0 Å². The van der Waals surface area contributed by atoms with Crippen LogP contribution in [-0.4, -0.2) is 12.9 Å². The first kappa shape index (κ1) is 10.1. The average molecular weight is 202 g/mol. The summed E-state index contributed by atoms with van der Waals surface area (Å²) in [7, 11) is 1.64. The fourth-order valence-corrected chi connectivity index (χ4v) is 1.94. The zero-order chi connectivity index (χ0) is 10.7. The molecule has 1 aliphatic rings. The first-order valence-corrected chi connectivity index (χ1v) is 5.14. The Labute approximate surface area is 89.6 Å². The Hall–Kier alpha value is -1.41. The first-order chi connectivity index (χ1) is 7.33. The number of rotatable bonds is 3. The summed E-state index contributed by atoms with van der Waals surface area (Å²) in [6.45, 7) is 0. The molecule has 78 valence electrons. The van der Waals surface area contributed by atoms with Crippen molar-refractivity contribution < 1.29 is 9.53 Å². The van der Waals surface area contributed by atoms with Gasteiger partial charge in [0, 0.05) is 19.1 Å². The number of benzene rings is 1. The van der Waals surface area contributed by atoms with Crippen LogP contribution in [-0.2, 0) is 9.53 Å². The fourth-order valence-electron chi connectivity index (χ4n) is 1.94. The predicted molar refractivity (Wildman–Crippen MR) is 58.5 cm³/mol. The second kappa shape index (κ2) is 4.41. The molecule has 2 rings (SSSR count). The minimum atomic E-state index is -0.193. The highest BCUT2D eigenvalue weighted by molar-refractivity contribution is 5.98. The molecule has 0 aromatic heterocycles. The van der Waals surface area contributed by atoms with E-state index in [0.29, 0.717) is 6.42 Å². The smallest absolute Gasteiger partial charge is 0.161 e. The van der Waals surface area contributed by atoms with E-state index in [2.05, 4.69) is 0 Å². The number of allylic oxidation sites excluding steroid dienone is 1. The number of methoxy groups -OCH3 is 1. The van der Waals surface area contributed by atoms with Crippen molar-refractivity contribution in [2.24, 2.45) is 0 Å². The Morgan fingerprint density at radius 1 is 1.27 bits per heavy atom. The van der Waals surface area contributed by atoms with E-state index in [9.17, 15) is 4.79 Å². The highest BCUT2D eigenvalue weighted by Crippen LogP contribution is 2.30. The van der Waals surface area contributed by atoms with Gasteiger partial charge in [0.1, 0.15) is 6.10 Å². The Bertz CT molecular complexity index is 379. The van der Waals surface area contributed by atoms with Gasteiger partial charge in [0.05, 0.1) is 0 Å². The number of carbonyl (C=O) groups excluding carboxylic acids is 1. The minimum absolute atomic E-state index is 0.193. The van der Waals surface area contributed by atoms with Crippen molar-refractivity contribution >= 4 is 5.78 Å². The Morgan fingerprint density at radius 3 is 2.53 bits per heavy atom. The first-order valence-electron chi connectivity index (χ1n) is 5.14. The minimum Gasteiger partial charge on any atom is -0.372 e. The lowest BCUT2D eigenvalue weighted by Crippen LogP contribution is -2.10. The molecule has 0 heterocycles. The third-order valence-electron chi connectivity index (χ3n) is 2.68. The van der Waals surface area contributed by atoms with Gasteiger partial charge >= 0.3 is 0 Å². The maximum atomic E-state index is 11.6. The summed E-state index contributed by atoms with van der Waals surface area (Å²) in [5, 5.41) is 0. The van der Waals surface area contributed by atoms with Crippen LogP contribution >= 0.6 is 0 Å². The molecule has 0 aliphatic heterocycles. The third kappa shape index (κ3) is 2.00. The maximum absolute atomic E-state index is 11.6. The third-order valence-corrected chi connectivity index (χ3v) is 2.68. The summed E-state index contributed by atoms with van der Waals surface area (Å²) >= 11 is 0. The lowest BCUT2D eigenvalue weighted by atomic mass is 10.0. The van der Waals surface area contributed by atoms with Gasteiger partial charge in [-0.05, 0) is 12.0 Å². The van der Waals surface area contributed by atoms with Gasteiger partial charge in [-0.15, -0.1) is 0 Å². The molecule has 1 aromatic rings. The van der Waals surface area contributed by atoms with E-state index in [0.717, 1.165) is 17.6 Å². The summed E-state index contributed by atoms with van der Waals surface area (Å²) in [4.78, 5) is 11.6. The summed E-state index contributed by atoms with van der Waals surface area (Å²) < 4.78 is 5.40. The van der Waals surface area contributed by atoms with Gasteiger partial charge in [-0.1, -0.05) is 36.4 Å². The monoisotopic (exact) mass is 202 g/mol. The van der Waals surface area contributed by atoms with Crippen molar-refractivity contribution in [3.63, 3.8) is 0 Å². The highest BCUT2D eigenvalue weighted by Gasteiger charge is 2.24. The molecule has 2 nitrogen and oxygen atoms in total. The van der Waals surface area contributed by atoms with Crippen LogP contribution in [0.15, 0.2) is 42.0 Å². The summed E-state index contributed by atoms with van der Waals surface area (Å²) in [5.74, 6) is 0.214. The van der Waals surface area contributed by atoms with Gasteiger partial charge in [-0.25, -0.2) is 0 Å². The molecule has 2 heteroatoms. The van der Waals surface area contributed by atoms with Crippen molar-refractivity contribution in [3.8, 4) is 0 Å². The molecule has 0 amide bonds. The van der Waals surface area contributed by atoms with Crippen molar-refractivity contribution in [3.05, 3.63) is 47.5 Å². The Morgan fingerprint density at radius 2 is 2.00 bits per heavy atom. The van der Waals surface area contributed by atoms with Crippen molar-refractivity contribution in [2.45, 2.75) is 18.9 Å². The van der Waals surface area contributed by atoms with Crippen LogP contribution < -0.4 is 0 Å². The molecule has 15 heavy (non-hydrogen) atoms. The molecule has 1 unspecified atom stereocenters. The van der Waals surface area contributed by atoms with Crippen molar-refractivity contribution in [1.29, 1.82) is 0 Å². The van der Waals surface area contributed by atoms with Crippen LogP contribution in [0.25, 0.3) is 0 Å². The van der Waals surface area contributed by atoms with Crippen LogP contribution in [0.4, 0.5) is 0 Å². The lowest BCUT2D eigenvalue weighted by Gasteiger charge is -2.16. The molecular weight excluding hydrogens is 188 g/mol. The zero-order valence-corrected chi connectivity index (χ0v) is 8.77. The molecule has 0 saturated heterocycles. The molecule has 0 radical (unpaired) electrons. The van der Waals surface area contributed by atoms with E-state index < -0.39 is 0 Å². The highest BCUT2D eigenvalue weighted by atomic mass is 16.5. The molecular formula is C13H14O2. The number of Topliss-reactive ketones (excluding diaryl/α,β-unsaturated/α-hetero) is 1. The topological polar surface area (TPSA) is 26.3 Å². The largest absolute Gasteiger partial charge is 0.372 e. The van der Waals surface area contributed by atoms with E-state index in [1.165, 1.54) is 0 Å². The van der Waals surface area contributed by atoms with Gasteiger partial charge in [0.2, 0.25) is 0 Å². The van der Waals surface area contributed by atoms with E-state index >= 15 is 0 Å². The average Bonchev–Trinajstić information content (AvgIpc) is 2.68. The second-order valence-corrected chi connectivity index (χ2v) is 3.65. The van der Waals surface area contributed by atoms with Crippen LogP contribution in [0.3, 0.4) is 0 Å². The quantitative estimate of drug-likeness (QED) is 0.753. The number of hydrogen-bond donors (Lipinski definition) is 0. The lowest BCUT2D eigenvalue weighted by molar-refractivity contribution is -0.116. The Balaban J connectivity index is 2.29. The molecule has 1 aliphatic carbocycles. The molecule has 0 bridgehead atoms. The number of hydrogen-bond acceptors (Lipinski definition) is 2. The number of ketones is 1. The van der Waals surface area contributed by atoms with Crippen LogP contribution in [0.1, 0.15) is 24.5 Å². The molecule has 0 fully saturated rings. The normalized spacial score (nSPS) is 17.7. The van der Waals surface area contributed by atoms with Gasteiger partial charge in [-0.3, -0.25) is 4.79 Å². The number of carbonyl (C=O) groups is 1. The van der Waals surface area contributed by atoms with Gasteiger partial charge in [0.25, 0.3) is 0 Å². The van der Waals surface area contributed by atoms with Gasteiger partial charge in [-0.2, -0.15) is 0 Å². The van der Waals surface area contributed by atoms with Crippen LogP contribution in [0.2, 0.25) is 0 Å². The molecule has 1 aromatic carbocycles. The SMILES string of the molecule is COC(C1=CCCC1=O)c1ccccc1. The van der Waals surface area contributed by atoms with Crippen LogP contribution in [0.5, 0.6) is 0 Å². The van der Waals surface area contributed by atoms with Crippen molar-refractivity contribution in [2.75, 3.05) is 7.11 Å². The molecule has 0 N–H and O–H groups in total. The van der Waals surface area contributed by atoms with E-state index in [1.54, 1.807) is 7.11 Å². The van der Waals surface area contributed by atoms with E-state index in [4.69, 9.17) is 4.74 Å². The fraction of sp³-hybridized carbons (Fsp3) is 0.308. The standard InChI is InChI=1S/C13H14O2/c1-15-13(10-6-3-2-4-7-10)11-8-5-9-12(11)14/h2-4,6-8,13H,5,9H2,1H3. The van der Waals surface area contributed by atoms with E-state index in [-0.39, 0.29) is 11.9 Å². The molecule has 0 saturated carbocycles. The predicted octanol–water partition coefficient (Wildman–Crippen LogP) is 2.66. The van der Waals surface area contributed by atoms with E-state index in [1.807, 2.05) is 36.4 Å².